The molecule has 1 amide bonds. The third-order valence-corrected chi connectivity index (χ3v) is 2.52. The van der Waals surface area contributed by atoms with E-state index in [1.807, 2.05) is 0 Å². The van der Waals surface area contributed by atoms with Crippen LogP contribution in [0, 0.1) is 5.92 Å². The Labute approximate surface area is 102 Å². The van der Waals surface area contributed by atoms with Gasteiger partial charge in [-0.15, -0.1) is 0 Å². The Bertz CT molecular complexity index is 346. The molecule has 0 saturated carbocycles. The largest absolute Gasteiger partial charge is 0.353 e. The van der Waals surface area contributed by atoms with Gasteiger partial charge in [0.25, 0.3) is 5.91 Å². The van der Waals surface area contributed by atoms with E-state index in [-0.39, 0.29) is 0 Å². The molecule has 1 aromatic rings. The predicted molar refractivity (Wildman–Crippen MR) is 67.7 cm³/mol. The molecule has 17 heavy (non-hydrogen) atoms. The number of amides is 1. The van der Waals surface area contributed by atoms with Crippen molar-refractivity contribution in [3.63, 3.8) is 0 Å². The average molecular weight is 237 g/mol. The molecule has 0 saturated heterocycles. The molecule has 2 nitrogen and oxygen atoms in total. The molecule has 94 valence electrons. The number of nitrogens with one attached hydrogen (secondary N) is 1. The van der Waals surface area contributed by atoms with Gasteiger partial charge in [-0.05, 0) is 29.9 Å². The summed E-state index contributed by atoms with van der Waals surface area (Å²) in [4.78, 5) is 10.7. The Balaban J connectivity index is 2.37. The molecule has 0 fully saturated rings. The summed E-state index contributed by atoms with van der Waals surface area (Å²) in [6, 6.07) is 8.37. The minimum absolute atomic E-state index is 0.492. The quantitative estimate of drug-likeness (QED) is 0.809. The highest BCUT2D eigenvalue weighted by Crippen LogP contribution is 2.09. The third kappa shape index (κ3) is 5.48. The lowest BCUT2D eigenvalue weighted by atomic mass is 10.0. The van der Waals surface area contributed by atoms with Gasteiger partial charge in [-0.2, -0.15) is 0 Å². The van der Waals surface area contributed by atoms with Gasteiger partial charge in [-0.25, -0.2) is 4.39 Å². The third-order valence-electron chi connectivity index (χ3n) is 2.52. The fourth-order valence-electron chi connectivity index (χ4n) is 1.71. The van der Waals surface area contributed by atoms with Crippen LogP contribution in [0.3, 0.4) is 0 Å². The van der Waals surface area contributed by atoms with Gasteiger partial charge in [0.05, 0.1) is 0 Å². The Morgan fingerprint density at radius 3 is 2.35 bits per heavy atom. The van der Waals surface area contributed by atoms with Crippen molar-refractivity contribution in [2.75, 3.05) is 13.2 Å². The molecule has 0 aliphatic rings. The van der Waals surface area contributed by atoms with E-state index >= 15 is 0 Å². The first-order chi connectivity index (χ1) is 8.11. The van der Waals surface area contributed by atoms with Crippen LogP contribution >= 0.6 is 0 Å². The first kappa shape index (κ1) is 13.7. The number of carbonyl (C=O) groups is 1. The summed E-state index contributed by atoms with van der Waals surface area (Å²) in [6.07, 6.45) is 1.83. The highest BCUT2D eigenvalue weighted by molar-refractivity contribution is 5.76. The van der Waals surface area contributed by atoms with Gasteiger partial charge in [-0.1, -0.05) is 38.1 Å². The van der Waals surface area contributed by atoms with Gasteiger partial charge in [-0.3, -0.25) is 4.79 Å². The summed E-state index contributed by atoms with van der Waals surface area (Å²) in [5.74, 6) is 0.117. The standard InChI is InChI=1S/C14H20FNO/c1-11(2)9-13-5-3-12(4-6-13)7-8-16-14(17)10-15/h3-6,11H,7-10H2,1-2H3,(H,16,17). The maximum absolute atomic E-state index is 11.9. The van der Waals surface area contributed by atoms with E-state index in [2.05, 4.69) is 43.4 Å². The van der Waals surface area contributed by atoms with Crippen LogP contribution in [-0.2, 0) is 17.6 Å². The van der Waals surface area contributed by atoms with Crippen molar-refractivity contribution in [3.05, 3.63) is 35.4 Å². The molecule has 0 heterocycles. The molecule has 0 radical (unpaired) electrons. The van der Waals surface area contributed by atoms with Crippen LogP contribution in [0.25, 0.3) is 0 Å². The summed E-state index contributed by atoms with van der Waals surface area (Å²) >= 11 is 0. The van der Waals surface area contributed by atoms with Crippen molar-refractivity contribution in [2.24, 2.45) is 5.92 Å². The molecule has 0 bridgehead atoms. The molecule has 0 unspecified atom stereocenters. The highest BCUT2D eigenvalue weighted by Gasteiger charge is 2.00. The van der Waals surface area contributed by atoms with Crippen LogP contribution in [0.15, 0.2) is 24.3 Å². The van der Waals surface area contributed by atoms with Crippen molar-refractivity contribution < 1.29 is 9.18 Å². The molecule has 0 spiro atoms. The number of halogens is 1. The SMILES string of the molecule is CC(C)Cc1ccc(CCNC(=O)CF)cc1. The van der Waals surface area contributed by atoms with Crippen molar-refractivity contribution in [2.45, 2.75) is 26.7 Å². The van der Waals surface area contributed by atoms with Crippen molar-refractivity contribution in [1.29, 1.82) is 0 Å². The lowest BCUT2D eigenvalue weighted by Crippen LogP contribution is -2.26. The number of hydrogen-bond acceptors (Lipinski definition) is 1. The second-order valence-electron chi connectivity index (χ2n) is 4.65. The molecule has 3 heteroatoms. The van der Waals surface area contributed by atoms with Crippen LogP contribution in [0.1, 0.15) is 25.0 Å². The van der Waals surface area contributed by atoms with Crippen molar-refractivity contribution in [3.8, 4) is 0 Å². The predicted octanol–water partition coefficient (Wildman–Crippen LogP) is 2.51. The Morgan fingerprint density at radius 2 is 1.82 bits per heavy atom. The summed E-state index contributed by atoms with van der Waals surface area (Å²) in [6.45, 7) is 3.94. The first-order valence-corrected chi connectivity index (χ1v) is 6.02. The smallest absolute Gasteiger partial charge is 0.251 e. The van der Waals surface area contributed by atoms with Crippen LogP contribution in [0.5, 0.6) is 0 Å². The van der Waals surface area contributed by atoms with Gasteiger partial charge in [0.1, 0.15) is 0 Å². The lowest BCUT2D eigenvalue weighted by Gasteiger charge is -2.07. The topological polar surface area (TPSA) is 29.1 Å². The Morgan fingerprint density at radius 1 is 1.24 bits per heavy atom. The van der Waals surface area contributed by atoms with Crippen molar-refractivity contribution >= 4 is 5.91 Å². The van der Waals surface area contributed by atoms with E-state index in [0.29, 0.717) is 12.5 Å². The number of hydrogen-bond donors (Lipinski definition) is 1. The monoisotopic (exact) mass is 237 g/mol. The van der Waals surface area contributed by atoms with E-state index in [1.54, 1.807) is 0 Å². The van der Waals surface area contributed by atoms with Gasteiger partial charge in [0.15, 0.2) is 6.67 Å². The van der Waals surface area contributed by atoms with Crippen LogP contribution in [0.4, 0.5) is 4.39 Å². The van der Waals surface area contributed by atoms with Gasteiger partial charge in [0.2, 0.25) is 0 Å². The molecule has 0 atom stereocenters. The molecule has 0 aliphatic heterocycles. The molecule has 0 aromatic heterocycles. The first-order valence-electron chi connectivity index (χ1n) is 6.02. The van der Waals surface area contributed by atoms with Gasteiger partial charge in [0, 0.05) is 6.54 Å². The van der Waals surface area contributed by atoms with Crippen LogP contribution in [-0.4, -0.2) is 19.1 Å². The van der Waals surface area contributed by atoms with Crippen LogP contribution < -0.4 is 5.32 Å². The second-order valence-corrected chi connectivity index (χ2v) is 4.65. The van der Waals surface area contributed by atoms with E-state index in [4.69, 9.17) is 0 Å². The normalized spacial score (nSPS) is 10.6. The highest BCUT2D eigenvalue weighted by atomic mass is 19.1. The van der Waals surface area contributed by atoms with Gasteiger partial charge < -0.3 is 5.32 Å². The summed E-state index contributed by atoms with van der Waals surface area (Å²) in [5.41, 5.74) is 2.49. The van der Waals surface area contributed by atoms with Crippen LogP contribution in [0.2, 0.25) is 0 Å². The zero-order chi connectivity index (χ0) is 12.7. The minimum atomic E-state index is -0.937. The number of rotatable bonds is 6. The maximum Gasteiger partial charge on any atom is 0.251 e. The summed E-state index contributed by atoms with van der Waals surface area (Å²) in [5, 5.41) is 2.51. The minimum Gasteiger partial charge on any atom is -0.353 e. The second kappa shape index (κ2) is 7.05. The van der Waals surface area contributed by atoms with Crippen molar-refractivity contribution in [1.82, 2.24) is 5.32 Å². The van der Waals surface area contributed by atoms with E-state index in [1.165, 1.54) is 5.56 Å². The van der Waals surface area contributed by atoms with E-state index in [9.17, 15) is 9.18 Å². The fourth-order valence-corrected chi connectivity index (χ4v) is 1.71. The zero-order valence-corrected chi connectivity index (χ0v) is 10.5. The molecule has 0 aliphatic carbocycles. The molecular formula is C14H20FNO. The molecular weight excluding hydrogens is 217 g/mol. The lowest BCUT2D eigenvalue weighted by molar-refractivity contribution is -0.121. The fraction of sp³-hybridized carbons (Fsp3) is 0.500. The Kier molecular flexibility index (Phi) is 5.67. The molecule has 1 rings (SSSR count). The van der Waals surface area contributed by atoms with Gasteiger partial charge >= 0.3 is 0 Å². The van der Waals surface area contributed by atoms with E-state index < -0.39 is 12.6 Å². The molecule has 1 N–H and O–H groups in total. The number of alkyl halides is 1. The Hall–Kier alpha value is -1.38. The summed E-state index contributed by atoms with van der Waals surface area (Å²) < 4.78 is 11.9. The molecule has 1 aromatic carbocycles. The number of benzene rings is 1. The summed E-state index contributed by atoms with van der Waals surface area (Å²) in [7, 11) is 0. The maximum atomic E-state index is 11.9. The average Bonchev–Trinajstić information content (AvgIpc) is 2.30. The zero-order valence-electron chi connectivity index (χ0n) is 10.5. The number of carbonyl (C=O) groups excluding carboxylic acids is 1. The van der Waals surface area contributed by atoms with E-state index in [0.717, 1.165) is 18.4 Å².